The van der Waals surface area contributed by atoms with Crippen LogP contribution in [0.2, 0.25) is 0 Å². The first-order chi connectivity index (χ1) is 13.5. The highest BCUT2D eigenvalue weighted by Crippen LogP contribution is 2.26. The predicted octanol–water partition coefficient (Wildman–Crippen LogP) is 0.440. The lowest BCUT2D eigenvalue weighted by Crippen LogP contribution is -2.46. The first-order valence-electron chi connectivity index (χ1n) is 9.69. The molecule has 0 aromatic carbocycles. The van der Waals surface area contributed by atoms with E-state index in [1.54, 1.807) is 4.90 Å². The summed E-state index contributed by atoms with van der Waals surface area (Å²) in [7, 11) is 0. The molecule has 9 nitrogen and oxygen atoms in total. The van der Waals surface area contributed by atoms with Crippen LogP contribution in [0.5, 0.6) is 0 Å². The number of hydrogen-bond acceptors (Lipinski definition) is 5. The van der Waals surface area contributed by atoms with Gasteiger partial charge >= 0.3 is 0 Å². The van der Waals surface area contributed by atoms with Crippen LogP contribution in [0.3, 0.4) is 0 Å². The zero-order valence-corrected chi connectivity index (χ0v) is 15.8. The van der Waals surface area contributed by atoms with Crippen molar-refractivity contribution in [3.05, 3.63) is 33.9 Å². The van der Waals surface area contributed by atoms with Gasteiger partial charge in [0.1, 0.15) is 6.54 Å². The number of aromatic nitrogens is 3. The van der Waals surface area contributed by atoms with E-state index in [-0.39, 0.29) is 48.6 Å². The van der Waals surface area contributed by atoms with Crippen LogP contribution in [-0.4, -0.2) is 61.8 Å². The monoisotopic (exact) mass is 385 g/mol. The highest BCUT2D eigenvalue weighted by molar-refractivity contribution is 6.04. The molecule has 2 aliphatic heterocycles. The number of aryl methyl sites for hydroxylation is 1. The quantitative estimate of drug-likeness (QED) is 0.769. The van der Waals surface area contributed by atoms with Crippen LogP contribution in [0.15, 0.2) is 16.9 Å². The van der Waals surface area contributed by atoms with E-state index in [2.05, 4.69) is 10.1 Å². The minimum Gasteiger partial charge on any atom is -0.340 e. The van der Waals surface area contributed by atoms with Gasteiger partial charge in [-0.1, -0.05) is 6.92 Å². The molecular formula is C19H23N5O4. The molecule has 0 spiro atoms. The van der Waals surface area contributed by atoms with Crippen molar-refractivity contribution in [3.8, 4) is 0 Å². The molecule has 28 heavy (non-hydrogen) atoms. The average Bonchev–Trinajstić information content (AvgIpc) is 3.27. The van der Waals surface area contributed by atoms with E-state index in [1.807, 2.05) is 13.0 Å². The van der Waals surface area contributed by atoms with Crippen molar-refractivity contribution in [1.29, 1.82) is 0 Å². The Morgan fingerprint density at radius 2 is 1.96 bits per heavy atom. The van der Waals surface area contributed by atoms with Gasteiger partial charge in [0.05, 0.1) is 0 Å². The van der Waals surface area contributed by atoms with Gasteiger partial charge in [-0.2, -0.15) is 0 Å². The number of fused-ring (bicyclic) bond motifs is 1. The molecule has 0 bridgehead atoms. The Bertz CT molecular complexity index is 991. The highest BCUT2D eigenvalue weighted by atomic mass is 16.2. The molecule has 4 heterocycles. The fourth-order valence-corrected chi connectivity index (χ4v) is 3.94. The molecular weight excluding hydrogens is 362 g/mol. The smallest absolute Gasteiger partial charge is 0.272 e. The van der Waals surface area contributed by atoms with E-state index >= 15 is 0 Å². The number of H-pyrrole nitrogens is 1. The summed E-state index contributed by atoms with van der Waals surface area (Å²) in [5, 5.41) is 3.12. The molecule has 1 atom stereocenters. The number of nitrogens with one attached hydrogen (secondary N) is 1. The second-order valence-electron chi connectivity index (χ2n) is 7.40. The average molecular weight is 385 g/mol. The number of nitrogens with zero attached hydrogens (tertiary/aromatic N) is 4. The Hall–Kier alpha value is -2.97. The third kappa shape index (κ3) is 3.32. The van der Waals surface area contributed by atoms with Crippen molar-refractivity contribution < 1.29 is 14.4 Å². The Balaban J connectivity index is 1.50. The summed E-state index contributed by atoms with van der Waals surface area (Å²) in [6.07, 6.45) is 2.76. The molecule has 1 N–H and O–H groups in total. The van der Waals surface area contributed by atoms with Gasteiger partial charge < -0.3 is 4.90 Å². The van der Waals surface area contributed by atoms with Gasteiger partial charge in [-0.05, 0) is 19.3 Å². The minimum atomic E-state index is -0.278. The van der Waals surface area contributed by atoms with E-state index in [0.717, 1.165) is 29.1 Å². The summed E-state index contributed by atoms with van der Waals surface area (Å²) in [5.41, 5.74) is 2.04. The van der Waals surface area contributed by atoms with Crippen LogP contribution in [0, 0.1) is 0 Å². The normalized spacial score (nSPS) is 20.4. The van der Waals surface area contributed by atoms with Crippen molar-refractivity contribution in [2.24, 2.45) is 0 Å². The number of rotatable bonds is 4. The molecule has 2 aromatic rings. The number of aromatic amines is 1. The summed E-state index contributed by atoms with van der Waals surface area (Å²) in [5.74, 6) is -0.721. The maximum absolute atomic E-state index is 12.6. The van der Waals surface area contributed by atoms with Crippen LogP contribution in [0.25, 0.3) is 5.65 Å². The number of carbonyl (C=O) groups is 3. The fourth-order valence-electron chi connectivity index (χ4n) is 3.94. The Morgan fingerprint density at radius 1 is 1.21 bits per heavy atom. The van der Waals surface area contributed by atoms with Gasteiger partial charge in [-0.25, -0.2) is 9.50 Å². The number of piperidine rings is 1. The standard InChI is InChI=1S/C19H23N5O4/c1-2-13-8-18(27)24-15(20-13)9-14(21-24)12-4-3-7-22(10-12)19(28)11-23-16(25)5-6-17(23)26/h8-9,12,21H,2-7,10-11H2,1H3. The topological polar surface area (TPSA) is 108 Å². The van der Waals surface area contributed by atoms with Crippen LogP contribution >= 0.6 is 0 Å². The molecule has 2 saturated heterocycles. The van der Waals surface area contributed by atoms with Gasteiger partial charge in [-0.15, -0.1) is 0 Å². The van der Waals surface area contributed by atoms with Crippen molar-refractivity contribution in [1.82, 2.24) is 24.4 Å². The van der Waals surface area contributed by atoms with Crippen LogP contribution in [-0.2, 0) is 20.8 Å². The van der Waals surface area contributed by atoms with Gasteiger partial charge in [0.2, 0.25) is 17.7 Å². The summed E-state index contributed by atoms with van der Waals surface area (Å²) in [6, 6.07) is 3.39. The van der Waals surface area contributed by atoms with E-state index in [1.165, 1.54) is 10.6 Å². The third-order valence-corrected chi connectivity index (χ3v) is 5.55. The maximum Gasteiger partial charge on any atom is 0.272 e. The molecule has 2 aliphatic rings. The first-order valence-corrected chi connectivity index (χ1v) is 9.69. The lowest BCUT2D eigenvalue weighted by atomic mass is 9.95. The molecule has 3 amide bonds. The largest absolute Gasteiger partial charge is 0.340 e. The number of likely N-dealkylation sites (tertiary alicyclic amines) is 2. The summed E-state index contributed by atoms with van der Waals surface area (Å²) in [6.45, 7) is 2.85. The Kier molecular flexibility index (Phi) is 4.74. The third-order valence-electron chi connectivity index (χ3n) is 5.55. The van der Waals surface area contributed by atoms with E-state index in [9.17, 15) is 19.2 Å². The zero-order valence-electron chi connectivity index (χ0n) is 15.8. The molecule has 2 aromatic heterocycles. The SMILES string of the molecule is CCc1cc(=O)n2[nH]c(C3CCCN(C(=O)CN4C(=O)CCC4=O)C3)cc2n1. The van der Waals surface area contributed by atoms with Crippen LogP contribution < -0.4 is 5.56 Å². The van der Waals surface area contributed by atoms with Crippen molar-refractivity contribution in [3.63, 3.8) is 0 Å². The summed E-state index contributed by atoms with van der Waals surface area (Å²) in [4.78, 5) is 55.6. The maximum atomic E-state index is 12.6. The zero-order chi connectivity index (χ0) is 19.8. The van der Waals surface area contributed by atoms with Crippen molar-refractivity contribution in [2.75, 3.05) is 19.6 Å². The van der Waals surface area contributed by atoms with Gasteiger partial charge in [0, 0.05) is 55.4 Å². The lowest BCUT2D eigenvalue weighted by molar-refractivity contribution is -0.146. The second kappa shape index (κ2) is 7.21. The molecule has 0 radical (unpaired) electrons. The molecule has 9 heteroatoms. The van der Waals surface area contributed by atoms with Crippen molar-refractivity contribution >= 4 is 23.4 Å². The van der Waals surface area contributed by atoms with Crippen LogP contribution in [0.4, 0.5) is 0 Å². The van der Waals surface area contributed by atoms with Gasteiger partial charge in [-0.3, -0.25) is 29.2 Å². The number of amides is 3. The van der Waals surface area contributed by atoms with E-state index in [4.69, 9.17) is 0 Å². The molecule has 0 aliphatic carbocycles. The Morgan fingerprint density at radius 3 is 2.68 bits per heavy atom. The van der Waals surface area contributed by atoms with Crippen LogP contribution in [0.1, 0.15) is 49.9 Å². The molecule has 2 fully saturated rings. The van der Waals surface area contributed by atoms with E-state index in [0.29, 0.717) is 25.2 Å². The molecule has 4 rings (SSSR count). The highest BCUT2D eigenvalue weighted by Gasteiger charge is 2.33. The fraction of sp³-hybridized carbons (Fsp3) is 0.526. The van der Waals surface area contributed by atoms with E-state index < -0.39 is 0 Å². The molecule has 148 valence electrons. The van der Waals surface area contributed by atoms with Gasteiger partial charge in [0.25, 0.3) is 5.56 Å². The van der Waals surface area contributed by atoms with Gasteiger partial charge in [0.15, 0.2) is 5.65 Å². The first kappa shape index (κ1) is 18.4. The summed E-state index contributed by atoms with van der Waals surface area (Å²) >= 11 is 0. The number of carbonyl (C=O) groups excluding carboxylic acids is 3. The number of hydrogen-bond donors (Lipinski definition) is 1. The number of imide groups is 1. The second-order valence-corrected chi connectivity index (χ2v) is 7.40. The Labute approximate surface area is 161 Å². The molecule has 1 unspecified atom stereocenters. The minimum absolute atomic E-state index is 0.0499. The lowest BCUT2D eigenvalue weighted by Gasteiger charge is -2.33. The predicted molar refractivity (Wildman–Crippen MR) is 99.7 cm³/mol. The van der Waals surface area contributed by atoms with Crippen molar-refractivity contribution in [2.45, 2.75) is 44.9 Å². The summed E-state index contributed by atoms with van der Waals surface area (Å²) < 4.78 is 1.43. The molecule has 0 saturated carbocycles.